The molecule has 1 aliphatic rings. The van der Waals surface area contributed by atoms with E-state index in [0.717, 1.165) is 18.4 Å². The van der Waals surface area contributed by atoms with E-state index in [0.29, 0.717) is 6.54 Å². The maximum absolute atomic E-state index is 12.5. The normalized spacial score (nSPS) is 18.3. The van der Waals surface area contributed by atoms with Gasteiger partial charge in [-0.05, 0) is 30.9 Å². The fourth-order valence-electron chi connectivity index (χ4n) is 2.86. The lowest BCUT2D eigenvalue weighted by Gasteiger charge is -2.26. The molecule has 3 rings (SSSR count). The molecular weight excluding hydrogens is 272 g/mol. The standard InChI is InChI=1S/C19H22N2O/c1-18(20,15-8-4-2-5-9-15)17(22)21-14-19(12-13-19)16-10-6-3-7-11-16/h2-11H,12-14,20H2,1H3,(H,21,22). The minimum Gasteiger partial charge on any atom is -0.353 e. The van der Waals surface area contributed by atoms with Crippen LogP contribution in [-0.2, 0) is 15.7 Å². The number of amides is 1. The average Bonchev–Trinajstić information content (AvgIpc) is 3.35. The molecule has 0 saturated heterocycles. The summed E-state index contributed by atoms with van der Waals surface area (Å²) in [5.41, 5.74) is 7.48. The lowest BCUT2D eigenvalue weighted by Crippen LogP contribution is -2.50. The summed E-state index contributed by atoms with van der Waals surface area (Å²) in [5.74, 6) is -0.124. The topological polar surface area (TPSA) is 55.1 Å². The van der Waals surface area contributed by atoms with Crippen LogP contribution < -0.4 is 11.1 Å². The fourth-order valence-corrected chi connectivity index (χ4v) is 2.86. The van der Waals surface area contributed by atoms with Crippen molar-refractivity contribution in [2.45, 2.75) is 30.7 Å². The second kappa shape index (κ2) is 5.58. The van der Waals surface area contributed by atoms with Crippen LogP contribution in [0.25, 0.3) is 0 Å². The Morgan fingerprint density at radius 2 is 1.64 bits per heavy atom. The van der Waals surface area contributed by atoms with Crippen LogP contribution >= 0.6 is 0 Å². The summed E-state index contributed by atoms with van der Waals surface area (Å²) < 4.78 is 0. The first kappa shape index (κ1) is 14.8. The van der Waals surface area contributed by atoms with Crippen LogP contribution in [0.1, 0.15) is 30.9 Å². The third kappa shape index (κ3) is 2.77. The van der Waals surface area contributed by atoms with Gasteiger partial charge in [0, 0.05) is 12.0 Å². The molecule has 2 aromatic rings. The summed E-state index contributed by atoms with van der Waals surface area (Å²) in [6.07, 6.45) is 2.23. The molecule has 0 aliphatic heterocycles. The summed E-state index contributed by atoms with van der Waals surface area (Å²) >= 11 is 0. The van der Waals surface area contributed by atoms with E-state index >= 15 is 0 Å². The molecule has 0 aromatic heterocycles. The van der Waals surface area contributed by atoms with Gasteiger partial charge in [-0.25, -0.2) is 0 Å². The van der Waals surface area contributed by atoms with Crippen LogP contribution in [0.15, 0.2) is 60.7 Å². The Kier molecular flexibility index (Phi) is 3.75. The van der Waals surface area contributed by atoms with E-state index in [4.69, 9.17) is 5.73 Å². The smallest absolute Gasteiger partial charge is 0.244 e. The van der Waals surface area contributed by atoms with Crippen molar-refractivity contribution in [2.75, 3.05) is 6.54 Å². The number of hydrogen-bond acceptors (Lipinski definition) is 2. The average molecular weight is 294 g/mol. The molecule has 1 aliphatic carbocycles. The van der Waals surface area contributed by atoms with Crippen molar-refractivity contribution >= 4 is 5.91 Å². The molecule has 22 heavy (non-hydrogen) atoms. The maximum atomic E-state index is 12.5. The fraction of sp³-hybridized carbons (Fsp3) is 0.316. The molecule has 114 valence electrons. The van der Waals surface area contributed by atoms with E-state index in [1.807, 2.05) is 48.5 Å². The zero-order valence-electron chi connectivity index (χ0n) is 12.9. The van der Waals surface area contributed by atoms with Crippen LogP contribution in [0.4, 0.5) is 0 Å². The van der Waals surface area contributed by atoms with Gasteiger partial charge in [0.2, 0.25) is 5.91 Å². The van der Waals surface area contributed by atoms with Gasteiger partial charge in [0.05, 0.1) is 0 Å². The minimum atomic E-state index is -1.01. The number of nitrogens with one attached hydrogen (secondary N) is 1. The van der Waals surface area contributed by atoms with Gasteiger partial charge in [-0.2, -0.15) is 0 Å². The zero-order valence-corrected chi connectivity index (χ0v) is 12.9. The molecule has 0 bridgehead atoms. The number of carbonyl (C=O) groups is 1. The van der Waals surface area contributed by atoms with Gasteiger partial charge < -0.3 is 11.1 Å². The van der Waals surface area contributed by atoms with Crippen LogP contribution in [-0.4, -0.2) is 12.5 Å². The Balaban J connectivity index is 1.68. The van der Waals surface area contributed by atoms with Gasteiger partial charge in [-0.15, -0.1) is 0 Å². The SMILES string of the molecule is CC(N)(C(=O)NCC1(c2ccccc2)CC1)c1ccccc1. The van der Waals surface area contributed by atoms with E-state index in [9.17, 15) is 4.79 Å². The highest BCUT2D eigenvalue weighted by molar-refractivity contribution is 5.87. The number of hydrogen-bond donors (Lipinski definition) is 2. The molecule has 3 heteroatoms. The van der Waals surface area contributed by atoms with E-state index in [-0.39, 0.29) is 11.3 Å². The van der Waals surface area contributed by atoms with Gasteiger partial charge in [-0.1, -0.05) is 60.7 Å². The van der Waals surface area contributed by atoms with Crippen LogP contribution in [0.2, 0.25) is 0 Å². The minimum absolute atomic E-state index is 0.101. The highest BCUT2D eigenvalue weighted by atomic mass is 16.2. The molecule has 0 heterocycles. The Labute approximate surface area is 131 Å². The monoisotopic (exact) mass is 294 g/mol. The van der Waals surface area contributed by atoms with Gasteiger partial charge in [-0.3, -0.25) is 4.79 Å². The molecular formula is C19H22N2O. The van der Waals surface area contributed by atoms with E-state index in [2.05, 4.69) is 17.4 Å². The van der Waals surface area contributed by atoms with Crippen molar-refractivity contribution in [2.24, 2.45) is 5.73 Å². The van der Waals surface area contributed by atoms with Crippen LogP contribution in [0, 0.1) is 0 Å². The maximum Gasteiger partial charge on any atom is 0.244 e. The van der Waals surface area contributed by atoms with Crippen molar-refractivity contribution in [1.29, 1.82) is 0 Å². The van der Waals surface area contributed by atoms with Crippen molar-refractivity contribution in [1.82, 2.24) is 5.32 Å². The third-order valence-electron chi connectivity index (χ3n) is 4.67. The van der Waals surface area contributed by atoms with E-state index < -0.39 is 5.54 Å². The molecule has 1 fully saturated rings. The molecule has 1 unspecified atom stereocenters. The second-order valence-electron chi connectivity index (χ2n) is 6.40. The summed E-state index contributed by atoms with van der Waals surface area (Å²) in [5, 5.41) is 3.06. The van der Waals surface area contributed by atoms with Gasteiger partial charge >= 0.3 is 0 Å². The lowest BCUT2D eigenvalue weighted by molar-refractivity contribution is -0.126. The Bertz CT molecular complexity index is 646. The molecule has 2 aromatic carbocycles. The van der Waals surface area contributed by atoms with Crippen molar-refractivity contribution in [3.63, 3.8) is 0 Å². The highest BCUT2D eigenvalue weighted by Gasteiger charge is 2.45. The van der Waals surface area contributed by atoms with Gasteiger partial charge in [0.15, 0.2) is 0 Å². The summed E-state index contributed by atoms with van der Waals surface area (Å²) in [6, 6.07) is 19.9. The van der Waals surface area contributed by atoms with E-state index in [1.54, 1.807) is 6.92 Å². The van der Waals surface area contributed by atoms with E-state index in [1.165, 1.54) is 5.56 Å². The highest BCUT2D eigenvalue weighted by Crippen LogP contribution is 2.47. The van der Waals surface area contributed by atoms with Crippen molar-refractivity contribution < 1.29 is 4.79 Å². The van der Waals surface area contributed by atoms with Crippen LogP contribution in [0.5, 0.6) is 0 Å². The summed E-state index contributed by atoms with van der Waals surface area (Å²) in [4.78, 5) is 12.5. The molecule has 1 atom stereocenters. The largest absolute Gasteiger partial charge is 0.353 e. The van der Waals surface area contributed by atoms with Crippen LogP contribution in [0.3, 0.4) is 0 Å². The molecule has 0 spiro atoms. The first-order valence-corrected chi connectivity index (χ1v) is 7.73. The molecule has 0 radical (unpaired) electrons. The quantitative estimate of drug-likeness (QED) is 0.891. The first-order valence-electron chi connectivity index (χ1n) is 7.73. The first-order chi connectivity index (χ1) is 10.5. The Hall–Kier alpha value is -2.13. The summed E-state index contributed by atoms with van der Waals surface area (Å²) in [7, 11) is 0. The lowest BCUT2D eigenvalue weighted by atomic mass is 9.91. The van der Waals surface area contributed by atoms with Crippen molar-refractivity contribution in [3.8, 4) is 0 Å². The Morgan fingerprint density at radius 1 is 1.09 bits per heavy atom. The van der Waals surface area contributed by atoms with Crippen molar-refractivity contribution in [3.05, 3.63) is 71.8 Å². The molecule has 3 nitrogen and oxygen atoms in total. The predicted octanol–water partition coefficient (Wildman–Crippen LogP) is 2.71. The third-order valence-corrected chi connectivity index (χ3v) is 4.67. The number of benzene rings is 2. The number of rotatable bonds is 5. The predicted molar refractivity (Wildman–Crippen MR) is 88.3 cm³/mol. The van der Waals surface area contributed by atoms with Gasteiger partial charge in [0.25, 0.3) is 0 Å². The summed E-state index contributed by atoms with van der Waals surface area (Å²) in [6.45, 7) is 2.41. The number of nitrogens with two attached hydrogens (primary N) is 1. The second-order valence-corrected chi connectivity index (χ2v) is 6.40. The van der Waals surface area contributed by atoms with Gasteiger partial charge in [0.1, 0.15) is 5.54 Å². The number of carbonyl (C=O) groups excluding carboxylic acids is 1. The molecule has 3 N–H and O–H groups in total. The Morgan fingerprint density at radius 3 is 2.18 bits per heavy atom. The molecule has 1 amide bonds. The zero-order chi connectivity index (χ0) is 15.6. The molecule has 1 saturated carbocycles.